The first-order valence-electron chi connectivity index (χ1n) is 7.30. The van der Waals surface area contributed by atoms with Crippen LogP contribution in [0.1, 0.15) is 24.8 Å². The van der Waals surface area contributed by atoms with Crippen LogP contribution in [0.5, 0.6) is 0 Å². The number of likely N-dealkylation sites (tertiary alicyclic amines) is 1. The van der Waals surface area contributed by atoms with E-state index in [9.17, 15) is 4.79 Å². The molecule has 0 radical (unpaired) electrons. The van der Waals surface area contributed by atoms with Gasteiger partial charge in [-0.3, -0.25) is 4.79 Å². The molecular weight excluding hydrogens is 236 g/mol. The Hall–Kier alpha value is -1.35. The van der Waals surface area contributed by atoms with E-state index in [0.29, 0.717) is 11.8 Å². The lowest BCUT2D eigenvalue weighted by molar-refractivity contribution is -0.133. The standard InChI is InChI=1S/C16H22N2O/c19-15(11-14-5-2-1-3-6-14)18-10-4-7-16(13-18)8-9-17-12-16/h1-3,5-6,17H,4,7-13H2. The van der Waals surface area contributed by atoms with Gasteiger partial charge < -0.3 is 10.2 Å². The van der Waals surface area contributed by atoms with Crippen LogP contribution >= 0.6 is 0 Å². The van der Waals surface area contributed by atoms with E-state index in [1.54, 1.807) is 0 Å². The molecule has 1 spiro atoms. The maximum atomic E-state index is 12.4. The Kier molecular flexibility index (Phi) is 3.56. The molecule has 19 heavy (non-hydrogen) atoms. The molecule has 3 rings (SSSR count). The average molecular weight is 258 g/mol. The number of hydrogen-bond donors (Lipinski definition) is 1. The zero-order valence-electron chi connectivity index (χ0n) is 11.4. The van der Waals surface area contributed by atoms with E-state index in [2.05, 4.69) is 10.2 Å². The summed E-state index contributed by atoms with van der Waals surface area (Å²) < 4.78 is 0. The number of carbonyl (C=O) groups is 1. The predicted molar refractivity (Wildman–Crippen MR) is 75.9 cm³/mol. The van der Waals surface area contributed by atoms with E-state index >= 15 is 0 Å². The molecule has 2 saturated heterocycles. The summed E-state index contributed by atoms with van der Waals surface area (Å²) in [6, 6.07) is 10.1. The molecule has 1 aromatic carbocycles. The number of nitrogens with one attached hydrogen (secondary N) is 1. The van der Waals surface area contributed by atoms with Gasteiger partial charge in [0.15, 0.2) is 0 Å². The summed E-state index contributed by atoms with van der Waals surface area (Å²) in [7, 11) is 0. The van der Waals surface area contributed by atoms with E-state index in [-0.39, 0.29) is 5.91 Å². The lowest BCUT2D eigenvalue weighted by Crippen LogP contribution is -2.47. The van der Waals surface area contributed by atoms with Gasteiger partial charge in [0.05, 0.1) is 6.42 Å². The Balaban J connectivity index is 1.63. The fourth-order valence-corrected chi connectivity index (χ4v) is 3.45. The molecule has 3 heteroatoms. The number of rotatable bonds is 2. The monoisotopic (exact) mass is 258 g/mol. The fraction of sp³-hybridized carbons (Fsp3) is 0.562. The molecule has 1 amide bonds. The van der Waals surface area contributed by atoms with Crippen LogP contribution in [0, 0.1) is 5.41 Å². The molecule has 2 heterocycles. The SMILES string of the molecule is O=C(Cc1ccccc1)N1CCCC2(CCNC2)C1. The fourth-order valence-electron chi connectivity index (χ4n) is 3.45. The van der Waals surface area contributed by atoms with Crippen molar-refractivity contribution in [2.45, 2.75) is 25.7 Å². The molecule has 1 N–H and O–H groups in total. The minimum atomic E-state index is 0.289. The predicted octanol–water partition coefficient (Wildman–Crippen LogP) is 1.83. The lowest BCUT2D eigenvalue weighted by Gasteiger charge is -2.40. The van der Waals surface area contributed by atoms with Gasteiger partial charge in [-0.15, -0.1) is 0 Å². The van der Waals surface area contributed by atoms with Crippen molar-refractivity contribution < 1.29 is 4.79 Å². The van der Waals surface area contributed by atoms with E-state index < -0.39 is 0 Å². The summed E-state index contributed by atoms with van der Waals surface area (Å²) in [5.74, 6) is 0.289. The van der Waals surface area contributed by atoms with Gasteiger partial charge >= 0.3 is 0 Å². The van der Waals surface area contributed by atoms with Gasteiger partial charge in [0, 0.05) is 25.0 Å². The number of amides is 1. The molecule has 0 aliphatic carbocycles. The van der Waals surface area contributed by atoms with E-state index in [1.807, 2.05) is 30.3 Å². The van der Waals surface area contributed by atoms with Crippen LogP contribution in [-0.4, -0.2) is 37.0 Å². The van der Waals surface area contributed by atoms with Crippen LogP contribution in [0.15, 0.2) is 30.3 Å². The number of nitrogens with zero attached hydrogens (tertiary/aromatic N) is 1. The highest BCUT2D eigenvalue weighted by Gasteiger charge is 2.39. The highest BCUT2D eigenvalue weighted by Crippen LogP contribution is 2.35. The van der Waals surface area contributed by atoms with Gasteiger partial charge in [-0.2, -0.15) is 0 Å². The maximum Gasteiger partial charge on any atom is 0.227 e. The van der Waals surface area contributed by atoms with Gasteiger partial charge in [-0.05, 0) is 31.4 Å². The Bertz CT molecular complexity index is 437. The first-order chi connectivity index (χ1) is 9.27. The van der Waals surface area contributed by atoms with Crippen molar-refractivity contribution in [1.29, 1.82) is 0 Å². The number of carbonyl (C=O) groups excluding carboxylic acids is 1. The van der Waals surface area contributed by atoms with Crippen LogP contribution in [0.25, 0.3) is 0 Å². The van der Waals surface area contributed by atoms with Crippen molar-refractivity contribution in [2.75, 3.05) is 26.2 Å². The van der Waals surface area contributed by atoms with Crippen LogP contribution in [-0.2, 0) is 11.2 Å². The number of hydrogen-bond acceptors (Lipinski definition) is 2. The summed E-state index contributed by atoms with van der Waals surface area (Å²) in [4.78, 5) is 14.5. The second-order valence-corrected chi connectivity index (χ2v) is 6.01. The summed E-state index contributed by atoms with van der Waals surface area (Å²) in [5, 5.41) is 3.45. The zero-order chi connectivity index (χ0) is 13.1. The lowest BCUT2D eigenvalue weighted by atomic mass is 9.79. The van der Waals surface area contributed by atoms with Gasteiger partial charge in [0.25, 0.3) is 0 Å². The van der Waals surface area contributed by atoms with Gasteiger partial charge in [0.1, 0.15) is 0 Å². The van der Waals surface area contributed by atoms with E-state index in [0.717, 1.165) is 38.2 Å². The normalized spacial score (nSPS) is 26.8. The Morgan fingerprint density at radius 2 is 2.11 bits per heavy atom. The van der Waals surface area contributed by atoms with Crippen molar-refractivity contribution in [2.24, 2.45) is 5.41 Å². The molecule has 0 aromatic heterocycles. The molecule has 2 aliphatic heterocycles. The third-order valence-corrected chi connectivity index (χ3v) is 4.54. The smallest absolute Gasteiger partial charge is 0.227 e. The first kappa shape index (κ1) is 12.7. The quantitative estimate of drug-likeness (QED) is 0.878. The number of benzene rings is 1. The number of piperidine rings is 1. The van der Waals surface area contributed by atoms with Crippen LogP contribution in [0.2, 0.25) is 0 Å². The zero-order valence-corrected chi connectivity index (χ0v) is 11.4. The van der Waals surface area contributed by atoms with Gasteiger partial charge in [0.2, 0.25) is 5.91 Å². The molecule has 1 atom stereocenters. The second-order valence-electron chi connectivity index (χ2n) is 6.01. The summed E-state index contributed by atoms with van der Waals surface area (Å²) >= 11 is 0. The Labute approximate surface area is 115 Å². The van der Waals surface area contributed by atoms with Crippen molar-refractivity contribution in [3.05, 3.63) is 35.9 Å². The van der Waals surface area contributed by atoms with E-state index in [1.165, 1.54) is 12.8 Å². The molecule has 2 fully saturated rings. The highest BCUT2D eigenvalue weighted by molar-refractivity contribution is 5.78. The van der Waals surface area contributed by atoms with Crippen LogP contribution in [0.3, 0.4) is 0 Å². The van der Waals surface area contributed by atoms with Gasteiger partial charge in [-0.1, -0.05) is 30.3 Å². The second kappa shape index (κ2) is 5.33. The van der Waals surface area contributed by atoms with Crippen molar-refractivity contribution in [3.63, 3.8) is 0 Å². The van der Waals surface area contributed by atoms with Crippen LogP contribution < -0.4 is 5.32 Å². The average Bonchev–Trinajstić information content (AvgIpc) is 2.88. The first-order valence-corrected chi connectivity index (χ1v) is 7.30. The minimum absolute atomic E-state index is 0.289. The Morgan fingerprint density at radius 3 is 2.84 bits per heavy atom. The molecule has 102 valence electrons. The maximum absolute atomic E-state index is 12.4. The van der Waals surface area contributed by atoms with Crippen molar-refractivity contribution in [1.82, 2.24) is 10.2 Å². The molecule has 0 bridgehead atoms. The van der Waals surface area contributed by atoms with Crippen molar-refractivity contribution >= 4 is 5.91 Å². The van der Waals surface area contributed by atoms with Crippen LogP contribution in [0.4, 0.5) is 0 Å². The Morgan fingerprint density at radius 1 is 1.26 bits per heavy atom. The van der Waals surface area contributed by atoms with Gasteiger partial charge in [-0.25, -0.2) is 0 Å². The molecule has 0 saturated carbocycles. The summed E-state index contributed by atoms with van der Waals surface area (Å²) in [6.07, 6.45) is 4.20. The minimum Gasteiger partial charge on any atom is -0.342 e. The topological polar surface area (TPSA) is 32.3 Å². The molecule has 1 unspecified atom stereocenters. The van der Waals surface area contributed by atoms with Crippen molar-refractivity contribution in [3.8, 4) is 0 Å². The molecule has 3 nitrogen and oxygen atoms in total. The third kappa shape index (κ3) is 2.81. The molecular formula is C16H22N2O. The van der Waals surface area contributed by atoms with E-state index in [4.69, 9.17) is 0 Å². The summed E-state index contributed by atoms with van der Waals surface area (Å²) in [5.41, 5.74) is 1.49. The third-order valence-electron chi connectivity index (χ3n) is 4.54. The molecule has 1 aromatic rings. The molecule has 2 aliphatic rings. The summed E-state index contributed by atoms with van der Waals surface area (Å²) in [6.45, 7) is 4.09. The highest BCUT2D eigenvalue weighted by atomic mass is 16.2. The largest absolute Gasteiger partial charge is 0.342 e.